The maximum absolute atomic E-state index is 11.7. The molecule has 0 saturated carbocycles. The summed E-state index contributed by atoms with van der Waals surface area (Å²) in [6.07, 6.45) is 0.890. The van der Waals surface area contributed by atoms with Crippen molar-refractivity contribution in [2.75, 3.05) is 6.26 Å². The molecule has 0 amide bonds. The molecule has 7 nitrogen and oxygen atoms in total. The molecule has 0 aliphatic heterocycles. The maximum atomic E-state index is 11.7. The third-order valence-corrected chi connectivity index (χ3v) is 3.88. The first-order valence-electron chi connectivity index (χ1n) is 5.98. The van der Waals surface area contributed by atoms with Crippen molar-refractivity contribution in [2.45, 2.75) is 4.90 Å². The van der Waals surface area contributed by atoms with Gasteiger partial charge < -0.3 is 4.74 Å². The molecule has 0 aliphatic rings. The summed E-state index contributed by atoms with van der Waals surface area (Å²) in [5.74, 6) is 0.0744. The van der Waals surface area contributed by atoms with Crippen molar-refractivity contribution in [3.8, 4) is 17.6 Å². The highest BCUT2D eigenvalue weighted by molar-refractivity contribution is 7.90. The Morgan fingerprint density at radius 1 is 1.18 bits per heavy atom. The lowest BCUT2D eigenvalue weighted by Crippen LogP contribution is -2.04. The number of benzene rings is 2. The fourth-order valence-corrected chi connectivity index (χ4v) is 2.64. The average Bonchev–Trinajstić information content (AvgIpc) is 2.46. The van der Waals surface area contributed by atoms with Crippen LogP contribution in [0.3, 0.4) is 0 Å². The van der Waals surface area contributed by atoms with Crippen molar-refractivity contribution >= 4 is 15.5 Å². The quantitative estimate of drug-likeness (QED) is 0.633. The van der Waals surface area contributed by atoms with Gasteiger partial charge in [-0.25, -0.2) is 8.42 Å². The molecule has 0 atom stereocenters. The van der Waals surface area contributed by atoms with Crippen molar-refractivity contribution in [2.24, 2.45) is 0 Å². The molecule has 0 saturated heterocycles. The van der Waals surface area contributed by atoms with E-state index >= 15 is 0 Å². The molecule has 0 spiro atoms. The Bertz CT molecular complexity index is 867. The molecule has 0 fully saturated rings. The van der Waals surface area contributed by atoms with E-state index in [1.807, 2.05) is 6.07 Å². The van der Waals surface area contributed by atoms with Crippen molar-refractivity contribution in [3.05, 3.63) is 58.1 Å². The minimum absolute atomic E-state index is 0.183. The zero-order valence-electron chi connectivity index (χ0n) is 11.4. The van der Waals surface area contributed by atoms with Crippen LogP contribution in [-0.4, -0.2) is 19.6 Å². The summed E-state index contributed by atoms with van der Waals surface area (Å²) in [6.45, 7) is 0. The second kappa shape index (κ2) is 5.83. The topological polar surface area (TPSA) is 110 Å². The van der Waals surface area contributed by atoms with E-state index in [1.54, 1.807) is 0 Å². The van der Waals surface area contributed by atoms with E-state index in [0.717, 1.165) is 12.3 Å². The minimum atomic E-state index is -3.77. The number of rotatable bonds is 4. The first-order chi connectivity index (χ1) is 10.3. The van der Waals surface area contributed by atoms with E-state index in [1.165, 1.54) is 36.4 Å². The third kappa shape index (κ3) is 3.21. The van der Waals surface area contributed by atoms with Crippen molar-refractivity contribution in [3.63, 3.8) is 0 Å². The summed E-state index contributed by atoms with van der Waals surface area (Å²) in [7, 11) is -3.77. The van der Waals surface area contributed by atoms with Crippen molar-refractivity contribution < 1.29 is 18.1 Å². The molecule has 2 aromatic carbocycles. The van der Waals surface area contributed by atoms with E-state index in [-0.39, 0.29) is 11.5 Å². The molecular weight excluding hydrogens is 308 g/mol. The fraction of sp³-hybridized carbons (Fsp3) is 0.0714. The summed E-state index contributed by atoms with van der Waals surface area (Å²) in [4.78, 5) is 9.99. The van der Waals surface area contributed by atoms with Gasteiger partial charge in [-0.1, -0.05) is 6.07 Å². The Labute approximate surface area is 126 Å². The van der Waals surface area contributed by atoms with Crippen LogP contribution in [0.4, 0.5) is 5.69 Å². The number of para-hydroxylation sites is 1. The first kappa shape index (κ1) is 15.5. The highest BCUT2D eigenvalue weighted by Crippen LogP contribution is 2.36. The molecule has 22 heavy (non-hydrogen) atoms. The standard InChI is InChI=1S/C14H10N2O5S/c1-22(19,20)13-4-2-3-12(14(13)16(17)18)21-11-7-5-10(9-15)6-8-11/h2-8H,1H3. The molecule has 0 radical (unpaired) electrons. The Morgan fingerprint density at radius 2 is 1.82 bits per heavy atom. The van der Waals surface area contributed by atoms with Gasteiger partial charge in [0.1, 0.15) is 10.6 Å². The second-order valence-electron chi connectivity index (χ2n) is 4.37. The molecule has 0 N–H and O–H groups in total. The highest BCUT2D eigenvalue weighted by Gasteiger charge is 2.27. The van der Waals surface area contributed by atoms with Crippen LogP contribution in [0.1, 0.15) is 5.56 Å². The molecular formula is C14H10N2O5S. The van der Waals surface area contributed by atoms with Gasteiger partial charge in [-0.3, -0.25) is 10.1 Å². The van der Waals surface area contributed by atoms with Gasteiger partial charge in [0.05, 0.1) is 16.6 Å². The molecule has 0 unspecified atom stereocenters. The number of hydrogen-bond acceptors (Lipinski definition) is 6. The van der Waals surface area contributed by atoms with E-state index in [4.69, 9.17) is 10.00 Å². The number of nitro benzene ring substituents is 1. The lowest BCUT2D eigenvalue weighted by molar-refractivity contribution is -0.388. The number of hydrogen-bond donors (Lipinski definition) is 0. The largest absolute Gasteiger partial charge is 0.450 e. The Kier molecular flexibility index (Phi) is 4.10. The third-order valence-electron chi connectivity index (χ3n) is 2.76. The number of nitro groups is 1. The summed E-state index contributed by atoms with van der Waals surface area (Å²) in [5, 5.41) is 19.9. The normalized spacial score (nSPS) is 10.7. The lowest BCUT2D eigenvalue weighted by Gasteiger charge is -2.08. The van der Waals surface area contributed by atoms with Crippen molar-refractivity contribution in [1.82, 2.24) is 0 Å². The molecule has 2 rings (SSSR count). The van der Waals surface area contributed by atoms with Gasteiger partial charge in [0, 0.05) is 6.26 Å². The summed E-state index contributed by atoms with van der Waals surface area (Å²) < 4.78 is 28.7. The number of nitrogens with zero attached hydrogens (tertiary/aromatic N) is 2. The minimum Gasteiger partial charge on any atom is -0.450 e. The number of sulfone groups is 1. The van der Waals surface area contributed by atoms with Crippen LogP contribution in [0.2, 0.25) is 0 Å². The van der Waals surface area contributed by atoms with Crippen LogP contribution in [0.25, 0.3) is 0 Å². The Hall–Kier alpha value is -2.92. The van der Waals surface area contributed by atoms with Crippen LogP contribution in [0.5, 0.6) is 11.5 Å². The van der Waals surface area contributed by atoms with Crippen LogP contribution >= 0.6 is 0 Å². The SMILES string of the molecule is CS(=O)(=O)c1cccc(Oc2ccc(C#N)cc2)c1[N+](=O)[O-]. The van der Waals surface area contributed by atoms with Gasteiger partial charge in [-0.2, -0.15) is 5.26 Å². The summed E-state index contributed by atoms with van der Waals surface area (Å²) in [5.41, 5.74) is -0.207. The van der Waals surface area contributed by atoms with E-state index in [2.05, 4.69) is 0 Å². The molecule has 112 valence electrons. The number of nitriles is 1. The van der Waals surface area contributed by atoms with Gasteiger partial charge in [-0.15, -0.1) is 0 Å². The van der Waals surface area contributed by atoms with Gasteiger partial charge in [0.2, 0.25) is 5.75 Å². The smallest absolute Gasteiger partial charge is 0.330 e. The molecule has 8 heteroatoms. The maximum Gasteiger partial charge on any atom is 0.330 e. The lowest BCUT2D eigenvalue weighted by atomic mass is 10.2. The molecule has 0 heterocycles. The monoisotopic (exact) mass is 318 g/mol. The zero-order valence-corrected chi connectivity index (χ0v) is 12.2. The number of ether oxygens (including phenoxy) is 1. The summed E-state index contributed by atoms with van der Waals surface area (Å²) >= 11 is 0. The predicted molar refractivity (Wildman–Crippen MR) is 77.4 cm³/mol. The predicted octanol–water partition coefficient (Wildman–Crippen LogP) is 2.66. The fourth-order valence-electron chi connectivity index (χ4n) is 1.79. The highest BCUT2D eigenvalue weighted by atomic mass is 32.2. The Morgan fingerprint density at radius 3 is 2.32 bits per heavy atom. The first-order valence-corrected chi connectivity index (χ1v) is 7.87. The van der Waals surface area contributed by atoms with Crippen molar-refractivity contribution in [1.29, 1.82) is 5.26 Å². The molecule has 0 bridgehead atoms. The average molecular weight is 318 g/mol. The van der Waals surface area contributed by atoms with E-state index in [9.17, 15) is 18.5 Å². The van der Waals surface area contributed by atoms with E-state index in [0.29, 0.717) is 5.56 Å². The van der Waals surface area contributed by atoms with Gasteiger partial charge in [0.25, 0.3) is 0 Å². The van der Waals surface area contributed by atoms with Gasteiger partial charge in [0.15, 0.2) is 9.84 Å². The second-order valence-corrected chi connectivity index (χ2v) is 6.35. The summed E-state index contributed by atoms with van der Waals surface area (Å²) in [6, 6.07) is 11.7. The van der Waals surface area contributed by atoms with Gasteiger partial charge >= 0.3 is 5.69 Å². The van der Waals surface area contributed by atoms with Crippen LogP contribution in [0.15, 0.2) is 47.4 Å². The van der Waals surface area contributed by atoms with E-state index < -0.39 is 25.3 Å². The Balaban J connectivity index is 2.51. The molecule has 0 aliphatic carbocycles. The van der Waals surface area contributed by atoms with Gasteiger partial charge in [-0.05, 0) is 36.4 Å². The zero-order chi connectivity index (χ0) is 16.3. The molecule has 2 aromatic rings. The van der Waals surface area contributed by atoms with Crippen LogP contribution in [0, 0.1) is 21.4 Å². The molecule has 0 aromatic heterocycles. The van der Waals surface area contributed by atoms with Crippen LogP contribution < -0.4 is 4.74 Å². The van der Waals surface area contributed by atoms with Crippen LogP contribution in [-0.2, 0) is 9.84 Å².